The third-order valence-corrected chi connectivity index (χ3v) is 9.19. The number of rotatable bonds is 5. The summed E-state index contributed by atoms with van der Waals surface area (Å²) in [6.45, 7) is 2.04. The van der Waals surface area contributed by atoms with Crippen molar-refractivity contribution in [3.05, 3.63) is 116 Å². The Bertz CT molecular complexity index is 2090. The zero-order valence-corrected chi connectivity index (χ0v) is 25.5. The van der Waals surface area contributed by atoms with E-state index < -0.39 is 0 Å². The predicted octanol–water partition coefficient (Wildman–Crippen LogP) is 9.34. The second-order valence-corrected chi connectivity index (χ2v) is 11.6. The number of ether oxygens (including phenoxy) is 2. The van der Waals surface area contributed by atoms with Gasteiger partial charge in [-0.25, -0.2) is 27.7 Å². The van der Waals surface area contributed by atoms with Gasteiger partial charge in [0.2, 0.25) is 5.88 Å². The van der Waals surface area contributed by atoms with Crippen molar-refractivity contribution in [2.45, 2.75) is 0 Å². The molecular formula is C33H20N3O2PtS2-3. The van der Waals surface area contributed by atoms with Crippen molar-refractivity contribution in [2.24, 2.45) is 0 Å². The van der Waals surface area contributed by atoms with Gasteiger partial charge < -0.3 is 19.3 Å². The van der Waals surface area contributed by atoms with E-state index in [9.17, 15) is 0 Å². The average molecular weight is 750 g/mol. The monoisotopic (exact) mass is 749 g/mol. The first-order valence-corrected chi connectivity index (χ1v) is 14.4. The van der Waals surface area contributed by atoms with E-state index in [2.05, 4.69) is 76.6 Å². The molecular weight excluding hydrogens is 730 g/mol. The Hall–Kier alpha value is -3.90. The van der Waals surface area contributed by atoms with Crippen LogP contribution in [0.15, 0.2) is 97.5 Å². The van der Waals surface area contributed by atoms with Crippen molar-refractivity contribution in [3.63, 3.8) is 0 Å². The van der Waals surface area contributed by atoms with Gasteiger partial charge in [0, 0.05) is 60.0 Å². The molecule has 41 heavy (non-hydrogen) atoms. The molecule has 0 saturated carbocycles. The molecule has 0 N–H and O–H groups in total. The SMILES string of the molecule is CN1C=CN(c2[c-]c(Oc3[c-]c(Oc4ccccn4)c4sc5ccccc5c4c3)cc3c2sc2ccccc23)[CH-]1.[Pt]. The van der Waals surface area contributed by atoms with Crippen molar-refractivity contribution in [1.29, 1.82) is 0 Å². The third-order valence-electron chi connectivity index (χ3n) is 6.81. The van der Waals surface area contributed by atoms with Crippen LogP contribution in [0.1, 0.15) is 0 Å². The molecule has 0 atom stereocenters. The average Bonchev–Trinajstić information content (AvgIpc) is 3.69. The van der Waals surface area contributed by atoms with Crippen LogP contribution in [0.5, 0.6) is 23.1 Å². The molecule has 0 amide bonds. The van der Waals surface area contributed by atoms with Crippen LogP contribution in [0.25, 0.3) is 40.3 Å². The summed E-state index contributed by atoms with van der Waals surface area (Å²) in [5.41, 5.74) is 0.946. The Balaban J connectivity index is 0.00000276. The molecule has 8 heteroatoms. The normalized spacial score (nSPS) is 13.0. The molecule has 7 aromatic rings. The zero-order chi connectivity index (χ0) is 26.6. The third kappa shape index (κ3) is 4.64. The number of hydrogen-bond acceptors (Lipinski definition) is 7. The van der Waals surface area contributed by atoms with Crippen LogP contribution in [0.4, 0.5) is 5.69 Å². The number of benzene rings is 4. The van der Waals surface area contributed by atoms with Gasteiger partial charge in [-0.3, -0.25) is 0 Å². The van der Waals surface area contributed by atoms with Gasteiger partial charge in [-0.1, -0.05) is 58.9 Å². The first kappa shape index (κ1) is 26.0. The van der Waals surface area contributed by atoms with Gasteiger partial charge >= 0.3 is 0 Å². The zero-order valence-electron chi connectivity index (χ0n) is 21.6. The Morgan fingerprint density at radius 2 is 1.39 bits per heavy atom. The molecule has 0 aliphatic carbocycles. The minimum atomic E-state index is 0. The minimum absolute atomic E-state index is 0. The Morgan fingerprint density at radius 3 is 2.07 bits per heavy atom. The summed E-state index contributed by atoms with van der Waals surface area (Å²) in [4.78, 5) is 8.47. The van der Waals surface area contributed by atoms with E-state index in [0.29, 0.717) is 23.1 Å². The standard InChI is InChI=1S/C33H20N3O2S2.Pt/c1-35-14-15-36(20-35)27-18-21(16-25-23-8-2-4-10-29(23)39-32(25)27)37-22-17-26-24-9-3-5-11-30(24)40-33(26)28(19-22)38-31-12-6-7-13-34-31;/h2-17,20H,1H3;/q-3;. The molecule has 0 bridgehead atoms. The van der Waals surface area contributed by atoms with E-state index in [4.69, 9.17) is 9.47 Å². The number of fused-ring (bicyclic) bond motifs is 6. The van der Waals surface area contributed by atoms with E-state index in [1.165, 1.54) is 14.8 Å². The number of anilines is 1. The topological polar surface area (TPSA) is 37.8 Å². The molecule has 0 spiro atoms. The molecule has 0 fully saturated rings. The van der Waals surface area contributed by atoms with Crippen molar-refractivity contribution >= 4 is 68.7 Å². The summed E-state index contributed by atoms with van der Waals surface area (Å²) in [6, 6.07) is 33.5. The van der Waals surface area contributed by atoms with Gasteiger partial charge in [0.05, 0.1) is 0 Å². The molecule has 3 aromatic heterocycles. The molecule has 8 rings (SSSR count). The summed E-state index contributed by atoms with van der Waals surface area (Å²) in [6.07, 6.45) is 5.77. The van der Waals surface area contributed by atoms with Crippen LogP contribution in [0.2, 0.25) is 0 Å². The van der Waals surface area contributed by atoms with Crippen molar-refractivity contribution in [1.82, 2.24) is 9.88 Å². The second kappa shape index (κ2) is 10.5. The van der Waals surface area contributed by atoms with Gasteiger partial charge in [-0.2, -0.15) is 6.67 Å². The fourth-order valence-electron chi connectivity index (χ4n) is 5.02. The summed E-state index contributed by atoms with van der Waals surface area (Å²) < 4.78 is 17.4. The first-order chi connectivity index (χ1) is 19.7. The van der Waals surface area contributed by atoms with E-state index in [1.54, 1.807) is 28.9 Å². The maximum Gasteiger partial charge on any atom is 0.216 e. The number of nitrogens with zero attached hydrogens (tertiary/aromatic N) is 3. The molecule has 1 aliphatic rings. The molecule has 0 radical (unpaired) electrons. The molecule has 5 nitrogen and oxygen atoms in total. The van der Waals surface area contributed by atoms with Gasteiger partial charge in [-0.05, 0) is 53.1 Å². The quantitative estimate of drug-likeness (QED) is 0.164. The van der Waals surface area contributed by atoms with Crippen LogP contribution in [0, 0.1) is 18.8 Å². The Morgan fingerprint density at radius 1 is 0.732 bits per heavy atom. The van der Waals surface area contributed by atoms with Gasteiger partial charge in [0.1, 0.15) is 0 Å². The molecule has 4 heterocycles. The van der Waals surface area contributed by atoms with Crippen molar-refractivity contribution < 1.29 is 30.5 Å². The molecule has 0 unspecified atom stereocenters. The molecule has 4 aromatic carbocycles. The fraction of sp³-hybridized carbons (Fsp3) is 0.0303. The van der Waals surface area contributed by atoms with E-state index in [-0.39, 0.29) is 21.1 Å². The predicted molar refractivity (Wildman–Crippen MR) is 164 cm³/mol. The van der Waals surface area contributed by atoms with Crippen molar-refractivity contribution in [3.8, 4) is 23.1 Å². The molecule has 1 aliphatic heterocycles. The second-order valence-electron chi connectivity index (χ2n) is 9.49. The van der Waals surface area contributed by atoms with Crippen LogP contribution < -0.4 is 14.4 Å². The summed E-state index contributed by atoms with van der Waals surface area (Å²) in [5, 5.41) is 4.53. The van der Waals surface area contributed by atoms with E-state index in [1.807, 2.05) is 55.3 Å². The summed E-state index contributed by atoms with van der Waals surface area (Å²) >= 11 is 3.44. The smallest absolute Gasteiger partial charge is 0.216 e. The van der Waals surface area contributed by atoms with Gasteiger partial charge in [-0.15, -0.1) is 29.0 Å². The van der Waals surface area contributed by atoms with Gasteiger partial charge in [0.25, 0.3) is 0 Å². The minimum Gasteiger partial charge on any atom is -0.510 e. The van der Waals surface area contributed by atoms with E-state index in [0.717, 1.165) is 31.2 Å². The number of pyridine rings is 1. The maximum absolute atomic E-state index is 6.56. The number of hydrogen-bond donors (Lipinski definition) is 0. The fourth-order valence-corrected chi connectivity index (χ4v) is 7.32. The summed E-state index contributed by atoms with van der Waals surface area (Å²) in [5.74, 6) is 2.27. The Labute approximate surface area is 259 Å². The first-order valence-electron chi connectivity index (χ1n) is 12.7. The molecule has 0 saturated heterocycles. The number of aromatic nitrogens is 1. The number of thiophene rings is 2. The summed E-state index contributed by atoms with van der Waals surface area (Å²) in [7, 11) is 2.01. The van der Waals surface area contributed by atoms with Crippen LogP contribution >= 0.6 is 22.7 Å². The maximum atomic E-state index is 6.56. The van der Waals surface area contributed by atoms with Crippen LogP contribution in [-0.2, 0) is 21.1 Å². The van der Waals surface area contributed by atoms with E-state index >= 15 is 0 Å². The molecule has 204 valence electrons. The van der Waals surface area contributed by atoms with Crippen LogP contribution in [-0.4, -0.2) is 16.9 Å². The Kier molecular flexibility index (Phi) is 6.66. The van der Waals surface area contributed by atoms with Crippen LogP contribution in [0.3, 0.4) is 0 Å². The largest absolute Gasteiger partial charge is 0.510 e. The van der Waals surface area contributed by atoms with Gasteiger partial charge in [0.15, 0.2) is 0 Å². The van der Waals surface area contributed by atoms with Crippen molar-refractivity contribution in [2.75, 3.05) is 11.9 Å².